The quantitative estimate of drug-likeness (QED) is 0.643. The topological polar surface area (TPSA) is 92.5 Å². The Kier molecular flexibility index (Phi) is 4.90. The molecule has 0 saturated heterocycles. The second kappa shape index (κ2) is 6.67. The number of amides is 1. The molecule has 0 atom stereocenters. The number of rotatable bonds is 5. The molecule has 114 valence electrons. The van der Waals surface area contributed by atoms with Gasteiger partial charge in [0.15, 0.2) is 0 Å². The van der Waals surface area contributed by atoms with Crippen molar-refractivity contribution in [2.45, 2.75) is 32.1 Å². The fourth-order valence-corrected chi connectivity index (χ4v) is 2.88. The van der Waals surface area contributed by atoms with Gasteiger partial charge < -0.3 is 10.4 Å². The minimum atomic E-state index is -0.558. The molecule has 21 heavy (non-hydrogen) atoms. The van der Waals surface area contributed by atoms with Crippen LogP contribution in [0.5, 0.6) is 0 Å². The summed E-state index contributed by atoms with van der Waals surface area (Å²) in [6, 6.07) is 5.90. The van der Waals surface area contributed by atoms with Crippen molar-refractivity contribution < 1.29 is 14.8 Å². The average Bonchev–Trinajstić information content (AvgIpc) is 2.53. The zero-order chi connectivity index (χ0) is 15.3. The second-order valence-corrected chi connectivity index (χ2v) is 5.68. The highest BCUT2D eigenvalue weighted by Crippen LogP contribution is 2.35. The van der Waals surface area contributed by atoms with E-state index in [0.717, 1.165) is 32.1 Å². The number of hydrogen-bond donors (Lipinski definition) is 2. The Hall–Kier alpha value is -1.95. The Bertz CT molecular complexity index is 524. The van der Waals surface area contributed by atoms with Gasteiger partial charge in [0.25, 0.3) is 11.6 Å². The van der Waals surface area contributed by atoms with Gasteiger partial charge in [0, 0.05) is 18.0 Å². The second-order valence-electron chi connectivity index (χ2n) is 5.68. The number of aliphatic hydroxyl groups excluding tert-OH is 1. The van der Waals surface area contributed by atoms with Gasteiger partial charge in [-0.25, -0.2) is 0 Å². The molecular formula is C15H20N2O4. The molecule has 1 amide bonds. The maximum atomic E-state index is 12.2. The number of carbonyl (C=O) groups excluding carboxylic acids is 1. The van der Waals surface area contributed by atoms with Crippen molar-refractivity contribution in [2.24, 2.45) is 5.41 Å². The summed E-state index contributed by atoms with van der Waals surface area (Å²) in [5, 5.41) is 23.3. The molecule has 1 aliphatic rings. The maximum Gasteiger partial charge on any atom is 0.282 e. The van der Waals surface area contributed by atoms with E-state index in [1.165, 1.54) is 18.2 Å². The van der Waals surface area contributed by atoms with Gasteiger partial charge in [-0.2, -0.15) is 0 Å². The van der Waals surface area contributed by atoms with Crippen LogP contribution < -0.4 is 5.32 Å². The van der Waals surface area contributed by atoms with E-state index in [-0.39, 0.29) is 23.3 Å². The summed E-state index contributed by atoms with van der Waals surface area (Å²) in [6.07, 6.45) is 4.99. The summed E-state index contributed by atoms with van der Waals surface area (Å²) in [6.45, 7) is 0.387. The lowest BCUT2D eigenvalue weighted by Gasteiger charge is -2.35. The van der Waals surface area contributed by atoms with Crippen molar-refractivity contribution in [2.75, 3.05) is 13.2 Å². The Balaban J connectivity index is 2.06. The molecule has 0 bridgehead atoms. The molecule has 1 aromatic carbocycles. The van der Waals surface area contributed by atoms with Gasteiger partial charge in [-0.1, -0.05) is 31.4 Å². The molecule has 1 aromatic rings. The largest absolute Gasteiger partial charge is 0.396 e. The molecule has 0 radical (unpaired) electrons. The zero-order valence-corrected chi connectivity index (χ0v) is 11.9. The van der Waals surface area contributed by atoms with E-state index in [0.29, 0.717) is 6.54 Å². The summed E-state index contributed by atoms with van der Waals surface area (Å²) < 4.78 is 0. The first kappa shape index (κ1) is 15.4. The minimum Gasteiger partial charge on any atom is -0.396 e. The number of nitrogens with zero attached hydrogens (tertiary/aromatic N) is 1. The number of carbonyl (C=O) groups is 1. The highest BCUT2D eigenvalue weighted by atomic mass is 16.6. The predicted molar refractivity (Wildman–Crippen MR) is 78.0 cm³/mol. The van der Waals surface area contributed by atoms with Crippen molar-refractivity contribution in [1.29, 1.82) is 0 Å². The van der Waals surface area contributed by atoms with Crippen molar-refractivity contribution >= 4 is 11.6 Å². The molecule has 6 nitrogen and oxygen atoms in total. The van der Waals surface area contributed by atoms with Gasteiger partial charge >= 0.3 is 0 Å². The molecule has 2 rings (SSSR count). The van der Waals surface area contributed by atoms with Gasteiger partial charge in [-0.15, -0.1) is 0 Å². The smallest absolute Gasteiger partial charge is 0.282 e. The highest BCUT2D eigenvalue weighted by molar-refractivity contribution is 5.98. The molecule has 0 aliphatic heterocycles. The van der Waals surface area contributed by atoms with Crippen LogP contribution in [0.3, 0.4) is 0 Å². The molecule has 0 heterocycles. The fourth-order valence-electron chi connectivity index (χ4n) is 2.88. The van der Waals surface area contributed by atoms with Crippen LogP contribution in [0, 0.1) is 15.5 Å². The standard InChI is InChI=1S/C15H20N2O4/c18-11-15(8-4-1-5-9-15)10-16-14(19)12-6-2-3-7-13(12)17(20)21/h2-3,6-7,18H,1,4-5,8-11H2,(H,16,19). The van der Waals surface area contributed by atoms with E-state index < -0.39 is 10.8 Å². The van der Waals surface area contributed by atoms with E-state index in [1.54, 1.807) is 6.07 Å². The molecule has 1 aliphatic carbocycles. The first-order chi connectivity index (χ1) is 10.1. The molecule has 6 heteroatoms. The van der Waals surface area contributed by atoms with Crippen LogP contribution >= 0.6 is 0 Å². The average molecular weight is 292 g/mol. The highest BCUT2D eigenvalue weighted by Gasteiger charge is 2.32. The van der Waals surface area contributed by atoms with E-state index in [9.17, 15) is 20.0 Å². The van der Waals surface area contributed by atoms with E-state index in [2.05, 4.69) is 5.32 Å². The number of para-hydroxylation sites is 1. The third kappa shape index (κ3) is 3.58. The molecule has 2 N–H and O–H groups in total. The predicted octanol–water partition coefficient (Wildman–Crippen LogP) is 2.27. The lowest BCUT2D eigenvalue weighted by atomic mass is 9.74. The van der Waals surface area contributed by atoms with Gasteiger partial charge in [0.1, 0.15) is 5.56 Å². The van der Waals surface area contributed by atoms with Gasteiger partial charge in [0.05, 0.1) is 11.5 Å². The fraction of sp³-hybridized carbons (Fsp3) is 0.533. The maximum absolute atomic E-state index is 12.2. The summed E-state index contributed by atoms with van der Waals surface area (Å²) >= 11 is 0. The normalized spacial score (nSPS) is 17.2. The zero-order valence-electron chi connectivity index (χ0n) is 11.9. The summed E-state index contributed by atoms with van der Waals surface area (Å²) in [7, 11) is 0. The van der Waals surface area contributed by atoms with Crippen LogP contribution in [0.2, 0.25) is 0 Å². The minimum absolute atomic E-state index is 0.0319. The Morgan fingerprint density at radius 3 is 2.57 bits per heavy atom. The Morgan fingerprint density at radius 2 is 1.95 bits per heavy atom. The molecule has 0 unspecified atom stereocenters. The first-order valence-corrected chi connectivity index (χ1v) is 7.20. The molecule has 1 fully saturated rings. The van der Waals surface area contributed by atoms with Crippen LogP contribution in [0.15, 0.2) is 24.3 Å². The molecular weight excluding hydrogens is 272 g/mol. The van der Waals surface area contributed by atoms with E-state index in [4.69, 9.17) is 0 Å². The molecule has 0 spiro atoms. The van der Waals surface area contributed by atoms with Crippen LogP contribution in [0.4, 0.5) is 5.69 Å². The van der Waals surface area contributed by atoms with Gasteiger partial charge in [0.2, 0.25) is 0 Å². The van der Waals surface area contributed by atoms with Crippen molar-refractivity contribution in [1.82, 2.24) is 5.32 Å². The monoisotopic (exact) mass is 292 g/mol. The Morgan fingerprint density at radius 1 is 1.29 bits per heavy atom. The summed E-state index contributed by atoms with van der Waals surface area (Å²) in [5.74, 6) is -0.458. The van der Waals surface area contributed by atoms with E-state index in [1.807, 2.05) is 0 Å². The number of nitro benzene ring substituents is 1. The van der Waals surface area contributed by atoms with Crippen molar-refractivity contribution in [3.63, 3.8) is 0 Å². The number of nitro groups is 1. The van der Waals surface area contributed by atoms with Crippen LogP contribution in [-0.2, 0) is 0 Å². The van der Waals surface area contributed by atoms with Crippen molar-refractivity contribution in [3.05, 3.63) is 39.9 Å². The summed E-state index contributed by atoms with van der Waals surface area (Å²) in [4.78, 5) is 22.6. The van der Waals surface area contributed by atoms with Crippen molar-refractivity contribution in [3.8, 4) is 0 Å². The Labute approximate surface area is 123 Å². The van der Waals surface area contributed by atoms with Gasteiger partial charge in [-0.05, 0) is 18.9 Å². The van der Waals surface area contributed by atoms with Crippen LogP contribution in [-0.4, -0.2) is 29.1 Å². The third-order valence-corrected chi connectivity index (χ3v) is 4.22. The number of aliphatic hydroxyl groups is 1. The number of nitrogens with one attached hydrogen (secondary N) is 1. The van der Waals surface area contributed by atoms with Crippen LogP contribution in [0.25, 0.3) is 0 Å². The van der Waals surface area contributed by atoms with Gasteiger partial charge in [-0.3, -0.25) is 14.9 Å². The van der Waals surface area contributed by atoms with E-state index >= 15 is 0 Å². The number of hydrogen-bond acceptors (Lipinski definition) is 4. The third-order valence-electron chi connectivity index (χ3n) is 4.22. The lowest BCUT2D eigenvalue weighted by Crippen LogP contribution is -2.41. The molecule has 1 saturated carbocycles. The lowest BCUT2D eigenvalue weighted by molar-refractivity contribution is -0.385. The number of benzene rings is 1. The van der Waals surface area contributed by atoms with Crippen LogP contribution in [0.1, 0.15) is 42.5 Å². The SMILES string of the molecule is O=C(NCC1(CO)CCCCC1)c1ccccc1[N+](=O)[O-]. The summed E-state index contributed by atoms with van der Waals surface area (Å²) in [5.41, 5.74) is -0.416. The molecule has 0 aromatic heterocycles. The first-order valence-electron chi connectivity index (χ1n) is 7.20.